The number of benzene rings is 1. The van der Waals surface area contributed by atoms with Gasteiger partial charge < -0.3 is 48.3 Å². The molecule has 2 rings (SSSR count). The van der Waals surface area contributed by atoms with Crippen molar-refractivity contribution in [1.82, 2.24) is 25.9 Å². The number of nitrogens with zero attached hydrogens (tertiary/aromatic N) is 2. The minimum absolute atomic E-state index is 0.0742. The van der Waals surface area contributed by atoms with Crippen molar-refractivity contribution in [3.63, 3.8) is 0 Å². The molecule has 0 spiro atoms. The topological polar surface area (TPSA) is 281 Å². The van der Waals surface area contributed by atoms with Crippen LogP contribution in [-0.4, -0.2) is 86.5 Å². The molecule has 16 nitrogen and oxygen atoms in total. The number of aliphatic imine (C=N–C) groups is 1. The Morgan fingerprint density at radius 2 is 1.54 bits per heavy atom. The van der Waals surface area contributed by atoms with Gasteiger partial charge in [0.2, 0.25) is 17.7 Å². The van der Waals surface area contributed by atoms with Crippen LogP contribution in [0.3, 0.4) is 0 Å². The van der Waals surface area contributed by atoms with Gasteiger partial charge in [-0.3, -0.25) is 24.2 Å². The third-order valence-electron chi connectivity index (χ3n) is 5.83. The van der Waals surface area contributed by atoms with Crippen molar-refractivity contribution in [2.75, 3.05) is 6.54 Å². The van der Waals surface area contributed by atoms with Crippen LogP contribution in [0.2, 0.25) is 0 Å². The van der Waals surface area contributed by atoms with Crippen molar-refractivity contribution >= 4 is 35.6 Å². The SMILES string of the molecule is NC(N)=NCCCC(N)C(=O)NC(Cc1cnc[nH]1)C(=O)NC(CC(=O)O)C(=O)NC(Cc1ccccc1)C(=O)O. The van der Waals surface area contributed by atoms with E-state index in [0.717, 1.165) is 0 Å². The molecule has 0 fully saturated rings. The number of hydrogen-bond acceptors (Lipinski definition) is 8. The van der Waals surface area contributed by atoms with E-state index in [1.165, 1.54) is 12.5 Å². The number of nitrogens with two attached hydrogens (primary N) is 3. The van der Waals surface area contributed by atoms with Crippen LogP contribution in [0.15, 0.2) is 47.8 Å². The Morgan fingerprint density at radius 1 is 0.902 bits per heavy atom. The van der Waals surface area contributed by atoms with E-state index in [9.17, 15) is 34.2 Å². The molecule has 4 unspecified atom stereocenters. The van der Waals surface area contributed by atoms with E-state index in [1.54, 1.807) is 30.3 Å². The summed E-state index contributed by atoms with van der Waals surface area (Å²) in [4.78, 5) is 72.7. The van der Waals surface area contributed by atoms with Crippen molar-refractivity contribution in [3.05, 3.63) is 54.1 Å². The highest BCUT2D eigenvalue weighted by atomic mass is 16.4. The van der Waals surface area contributed by atoms with Gasteiger partial charge in [-0.15, -0.1) is 0 Å². The summed E-state index contributed by atoms with van der Waals surface area (Å²) in [7, 11) is 0. The molecule has 1 aromatic heterocycles. The number of amides is 3. The smallest absolute Gasteiger partial charge is 0.326 e. The highest BCUT2D eigenvalue weighted by molar-refractivity contribution is 5.95. The Hall–Kier alpha value is -4.99. The van der Waals surface area contributed by atoms with Gasteiger partial charge in [-0.1, -0.05) is 30.3 Å². The van der Waals surface area contributed by atoms with Crippen molar-refractivity contribution in [2.24, 2.45) is 22.2 Å². The number of carbonyl (C=O) groups is 5. The fraction of sp³-hybridized carbons (Fsp3) is 0.400. The van der Waals surface area contributed by atoms with Gasteiger partial charge in [-0.05, 0) is 18.4 Å². The molecule has 0 aliphatic heterocycles. The predicted molar refractivity (Wildman–Crippen MR) is 146 cm³/mol. The van der Waals surface area contributed by atoms with E-state index < -0.39 is 60.2 Å². The number of aromatic amines is 1. The maximum absolute atomic E-state index is 13.2. The summed E-state index contributed by atoms with van der Waals surface area (Å²) in [6.07, 6.45) is 2.36. The first-order valence-electron chi connectivity index (χ1n) is 12.6. The lowest BCUT2D eigenvalue weighted by molar-refractivity contribution is -0.143. The Balaban J connectivity index is 2.14. The predicted octanol–water partition coefficient (Wildman–Crippen LogP) is -2.41. The van der Waals surface area contributed by atoms with Crippen LogP contribution in [0.1, 0.15) is 30.5 Å². The first-order chi connectivity index (χ1) is 19.5. The minimum Gasteiger partial charge on any atom is -0.481 e. The van der Waals surface area contributed by atoms with Crippen LogP contribution in [0, 0.1) is 0 Å². The number of carbonyl (C=O) groups excluding carboxylic acids is 3. The summed E-state index contributed by atoms with van der Waals surface area (Å²) in [5, 5.41) is 26.1. The Labute approximate surface area is 235 Å². The molecule has 3 amide bonds. The second-order valence-electron chi connectivity index (χ2n) is 9.15. The van der Waals surface area contributed by atoms with E-state index in [-0.39, 0.29) is 31.8 Å². The molecule has 222 valence electrons. The minimum atomic E-state index is -1.65. The first kappa shape index (κ1) is 32.2. The van der Waals surface area contributed by atoms with E-state index in [2.05, 4.69) is 30.9 Å². The molecule has 4 atom stereocenters. The summed E-state index contributed by atoms with van der Waals surface area (Å²) in [6.45, 7) is 0.245. The van der Waals surface area contributed by atoms with Gasteiger partial charge in [-0.2, -0.15) is 0 Å². The number of aromatic nitrogens is 2. The molecule has 41 heavy (non-hydrogen) atoms. The van der Waals surface area contributed by atoms with Crippen LogP contribution >= 0.6 is 0 Å². The van der Waals surface area contributed by atoms with Gasteiger partial charge in [0.15, 0.2) is 5.96 Å². The zero-order valence-corrected chi connectivity index (χ0v) is 22.2. The maximum Gasteiger partial charge on any atom is 0.326 e. The van der Waals surface area contributed by atoms with Gasteiger partial charge in [-0.25, -0.2) is 9.78 Å². The van der Waals surface area contributed by atoms with Crippen LogP contribution in [-0.2, 0) is 36.8 Å². The van der Waals surface area contributed by atoms with Gasteiger partial charge in [0.25, 0.3) is 0 Å². The normalized spacial score (nSPS) is 13.6. The molecule has 2 aromatic rings. The van der Waals surface area contributed by atoms with Crippen LogP contribution in [0.4, 0.5) is 0 Å². The van der Waals surface area contributed by atoms with Crippen molar-refractivity contribution in [1.29, 1.82) is 0 Å². The fourth-order valence-corrected chi connectivity index (χ4v) is 3.73. The van der Waals surface area contributed by atoms with E-state index >= 15 is 0 Å². The van der Waals surface area contributed by atoms with Crippen molar-refractivity contribution < 1.29 is 34.2 Å². The van der Waals surface area contributed by atoms with Crippen LogP contribution in [0.25, 0.3) is 0 Å². The number of rotatable bonds is 17. The summed E-state index contributed by atoms with van der Waals surface area (Å²) in [6, 6.07) is 3.15. The average molecular weight is 574 g/mol. The molecule has 16 heteroatoms. The van der Waals surface area contributed by atoms with Gasteiger partial charge in [0, 0.05) is 31.3 Å². The molecular weight excluding hydrogens is 538 g/mol. The summed E-state index contributed by atoms with van der Waals surface area (Å²) in [5.41, 5.74) is 17.6. The Bertz CT molecular complexity index is 1200. The number of carboxylic acid groups (broad SMARTS) is 2. The molecule has 0 saturated carbocycles. The molecule has 1 aromatic carbocycles. The van der Waals surface area contributed by atoms with E-state index in [1.807, 2.05) is 0 Å². The molecular formula is C25H35N9O7. The second-order valence-corrected chi connectivity index (χ2v) is 9.15. The highest BCUT2D eigenvalue weighted by Gasteiger charge is 2.32. The van der Waals surface area contributed by atoms with Gasteiger partial charge in [0.1, 0.15) is 18.1 Å². The molecule has 0 aliphatic rings. The first-order valence-corrected chi connectivity index (χ1v) is 12.6. The molecule has 0 bridgehead atoms. The van der Waals surface area contributed by atoms with E-state index in [4.69, 9.17) is 17.2 Å². The Morgan fingerprint density at radius 3 is 2.12 bits per heavy atom. The zero-order valence-electron chi connectivity index (χ0n) is 22.2. The average Bonchev–Trinajstić information content (AvgIpc) is 3.43. The second kappa shape index (κ2) is 16.2. The molecule has 0 saturated heterocycles. The third kappa shape index (κ3) is 11.7. The molecule has 0 aliphatic carbocycles. The van der Waals surface area contributed by atoms with Crippen molar-refractivity contribution in [3.8, 4) is 0 Å². The van der Waals surface area contributed by atoms with Crippen LogP contribution < -0.4 is 33.2 Å². The third-order valence-corrected chi connectivity index (χ3v) is 5.83. The molecule has 0 radical (unpaired) electrons. The van der Waals surface area contributed by atoms with Gasteiger partial charge >= 0.3 is 11.9 Å². The molecule has 1 heterocycles. The largest absolute Gasteiger partial charge is 0.481 e. The maximum atomic E-state index is 13.2. The number of hydrogen-bond donors (Lipinski definition) is 9. The number of aliphatic carboxylic acids is 2. The summed E-state index contributed by atoms with van der Waals surface area (Å²) >= 11 is 0. The number of imidazole rings is 1. The fourth-order valence-electron chi connectivity index (χ4n) is 3.73. The number of carboxylic acids is 2. The zero-order chi connectivity index (χ0) is 30.4. The standard InChI is InChI=1S/C25H35N9O7/c26-16(7-4-8-30-25(27)28)21(37)32-17(10-15-12-29-13-31-15)22(38)33-18(11-20(35)36)23(39)34-19(24(40)41)9-14-5-2-1-3-6-14/h1-3,5-6,12-13,16-19H,4,7-11,26H2,(H,29,31)(H,32,37)(H,33,38)(H,34,39)(H,35,36)(H,40,41)(H4,27,28,30). The van der Waals surface area contributed by atoms with Crippen molar-refractivity contribution in [2.45, 2.75) is 56.3 Å². The number of guanidine groups is 1. The van der Waals surface area contributed by atoms with E-state index in [0.29, 0.717) is 17.7 Å². The Kier molecular flexibility index (Phi) is 12.7. The lowest BCUT2D eigenvalue weighted by Gasteiger charge is -2.24. The molecule has 12 N–H and O–H groups in total. The quantitative estimate of drug-likeness (QED) is 0.0545. The lowest BCUT2D eigenvalue weighted by atomic mass is 10.0. The number of H-pyrrole nitrogens is 1. The summed E-state index contributed by atoms with van der Waals surface area (Å²) in [5.74, 6) is -5.46. The van der Waals surface area contributed by atoms with Crippen LogP contribution in [0.5, 0.6) is 0 Å². The monoisotopic (exact) mass is 573 g/mol. The number of nitrogens with one attached hydrogen (secondary N) is 4. The van der Waals surface area contributed by atoms with Gasteiger partial charge in [0.05, 0.1) is 18.8 Å². The highest BCUT2D eigenvalue weighted by Crippen LogP contribution is 2.07. The lowest BCUT2D eigenvalue weighted by Crippen LogP contribution is -2.58. The summed E-state index contributed by atoms with van der Waals surface area (Å²) < 4.78 is 0.